The van der Waals surface area contributed by atoms with Crippen LogP contribution in [-0.2, 0) is 14.3 Å². The Morgan fingerprint density at radius 2 is 1.94 bits per heavy atom. The summed E-state index contributed by atoms with van der Waals surface area (Å²) in [5.41, 5.74) is 10.6. The van der Waals surface area contributed by atoms with Crippen LogP contribution in [0.2, 0.25) is 0 Å². The van der Waals surface area contributed by atoms with E-state index in [1.54, 1.807) is 4.90 Å². The highest BCUT2D eigenvalue weighted by Crippen LogP contribution is 2.31. The fourth-order valence-corrected chi connectivity index (χ4v) is 2.64. The van der Waals surface area contributed by atoms with E-state index in [-0.39, 0.29) is 23.8 Å². The molecule has 2 fully saturated rings. The van der Waals surface area contributed by atoms with Gasteiger partial charge in [-0.3, -0.25) is 9.59 Å². The first-order chi connectivity index (χ1) is 8.45. The molecule has 0 saturated carbocycles. The maximum Gasteiger partial charge on any atom is 0.232 e. The van der Waals surface area contributed by atoms with E-state index in [9.17, 15) is 9.59 Å². The lowest BCUT2D eigenvalue weighted by atomic mass is 9.83. The second kappa shape index (κ2) is 4.85. The van der Waals surface area contributed by atoms with Gasteiger partial charge in [-0.25, -0.2) is 0 Å². The van der Waals surface area contributed by atoms with E-state index in [1.165, 1.54) is 0 Å². The summed E-state index contributed by atoms with van der Waals surface area (Å²) >= 11 is 0. The zero-order chi connectivity index (χ0) is 13.3. The Bertz CT molecular complexity index is 352. The van der Waals surface area contributed by atoms with Crippen molar-refractivity contribution in [2.45, 2.75) is 25.8 Å². The SMILES string of the molecule is CC1(C(=O)N2CCC(C(N)=O)CC2)COCC1N. The van der Waals surface area contributed by atoms with Crippen LogP contribution >= 0.6 is 0 Å². The van der Waals surface area contributed by atoms with Gasteiger partial charge >= 0.3 is 0 Å². The normalized spacial score (nSPS) is 33.7. The maximum absolute atomic E-state index is 12.5. The molecule has 2 unspecified atom stereocenters. The quantitative estimate of drug-likeness (QED) is 0.666. The molecule has 0 radical (unpaired) electrons. The van der Waals surface area contributed by atoms with Crippen LogP contribution in [0.25, 0.3) is 0 Å². The molecule has 2 heterocycles. The summed E-state index contributed by atoms with van der Waals surface area (Å²) in [6.45, 7) is 3.82. The molecule has 0 bridgehead atoms. The van der Waals surface area contributed by atoms with E-state index < -0.39 is 5.41 Å². The molecule has 6 nitrogen and oxygen atoms in total. The summed E-state index contributed by atoms with van der Waals surface area (Å²) in [6.07, 6.45) is 1.29. The van der Waals surface area contributed by atoms with E-state index in [4.69, 9.17) is 16.2 Å². The summed E-state index contributed by atoms with van der Waals surface area (Å²) in [7, 11) is 0. The van der Waals surface area contributed by atoms with Gasteiger partial charge in [0, 0.05) is 25.0 Å². The molecule has 0 spiro atoms. The molecule has 2 aliphatic rings. The molecule has 0 aromatic heterocycles. The molecule has 2 amide bonds. The molecule has 6 heteroatoms. The molecule has 0 aromatic carbocycles. The Morgan fingerprint density at radius 3 is 2.39 bits per heavy atom. The number of likely N-dealkylation sites (tertiary alicyclic amines) is 1. The zero-order valence-electron chi connectivity index (χ0n) is 10.7. The van der Waals surface area contributed by atoms with Gasteiger partial charge in [-0.05, 0) is 19.8 Å². The number of piperidine rings is 1. The molecule has 2 saturated heterocycles. The number of carbonyl (C=O) groups excluding carboxylic acids is 2. The zero-order valence-corrected chi connectivity index (χ0v) is 10.7. The van der Waals surface area contributed by atoms with Crippen LogP contribution in [-0.4, -0.2) is 49.1 Å². The van der Waals surface area contributed by atoms with Crippen molar-refractivity contribution in [1.82, 2.24) is 4.90 Å². The first-order valence-electron chi connectivity index (χ1n) is 6.37. The van der Waals surface area contributed by atoms with Crippen LogP contribution in [0.1, 0.15) is 19.8 Å². The van der Waals surface area contributed by atoms with E-state index in [2.05, 4.69) is 0 Å². The number of carbonyl (C=O) groups is 2. The Hall–Kier alpha value is -1.14. The Balaban J connectivity index is 1.97. The van der Waals surface area contributed by atoms with Gasteiger partial charge in [0.05, 0.1) is 18.6 Å². The second-order valence-electron chi connectivity index (χ2n) is 5.51. The molecule has 18 heavy (non-hydrogen) atoms. The van der Waals surface area contributed by atoms with Crippen molar-refractivity contribution in [3.05, 3.63) is 0 Å². The minimum atomic E-state index is -0.625. The Morgan fingerprint density at radius 1 is 1.33 bits per heavy atom. The number of nitrogens with zero attached hydrogens (tertiary/aromatic N) is 1. The number of primary amides is 1. The summed E-state index contributed by atoms with van der Waals surface area (Å²) in [5.74, 6) is -0.333. The summed E-state index contributed by atoms with van der Waals surface area (Å²) < 4.78 is 5.30. The van der Waals surface area contributed by atoms with Crippen molar-refractivity contribution >= 4 is 11.8 Å². The van der Waals surface area contributed by atoms with Gasteiger partial charge in [0.2, 0.25) is 11.8 Å². The lowest BCUT2D eigenvalue weighted by Crippen LogP contribution is -2.53. The van der Waals surface area contributed by atoms with Crippen molar-refractivity contribution in [2.75, 3.05) is 26.3 Å². The smallest absolute Gasteiger partial charge is 0.232 e. The summed E-state index contributed by atoms with van der Waals surface area (Å²) in [4.78, 5) is 25.3. The second-order valence-corrected chi connectivity index (χ2v) is 5.51. The third-order valence-electron chi connectivity index (χ3n) is 4.19. The number of amides is 2. The van der Waals surface area contributed by atoms with Crippen LogP contribution in [0.15, 0.2) is 0 Å². The molecular formula is C12H21N3O3. The largest absolute Gasteiger partial charge is 0.379 e. The van der Waals surface area contributed by atoms with E-state index in [1.807, 2.05) is 6.92 Å². The van der Waals surface area contributed by atoms with Gasteiger partial charge in [0.1, 0.15) is 0 Å². The van der Waals surface area contributed by atoms with Gasteiger partial charge in [0.15, 0.2) is 0 Å². The highest BCUT2D eigenvalue weighted by Gasteiger charge is 2.46. The number of hydrogen-bond donors (Lipinski definition) is 2. The first-order valence-corrected chi connectivity index (χ1v) is 6.37. The Kier molecular flexibility index (Phi) is 3.59. The molecule has 0 aliphatic carbocycles. The van der Waals surface area contributed by atoms with Crippen LogP contribution in [0.3, 0.4) is 0 Å². The molecule has 0 aromatic rings. The summed E-state index contributed by atoms with van der Waals surface area (Å²) in [5, 5.41) is 0. The van der Waals surface area contributed by atoms with Crippen molar-refractivity contribution in [2.24, 2.45) is 22.8 Å². The van der Waals surface area contributed by atoms with Crippen LogP contribution < -0.4 is 11.5 Å². The van der Waals surface area contributed by atoms with E-state index in [0.717, 1.165) is 0 Å². The molecule has 4 N–H and O–H groups in total. The van der Waals surface area contributed by atoms with Crippen molar-refractivity contribution in [3.63, 3.8) is 0 Å². The minimum absolute atomic E-state index is 0.0374. The number of rotatable bonds is 2. The Labute approximate surface area is 107 Å². The van der Waals surface area contributed by atoms with Crippen LogP contribution in [0.4, 0.5) is 0 Å². The molecule has 2 atom stereocenters. The molecular weight excluding hydrogens is 234 g/mol. The number of hydrogen-bond acceptors (Lipinski definition) is 4. The molecule has 102 valence electrons. The van der Waals surface area contributed by atoms with Crippen molar-refractivity contribution in [1.29, 1.82) is 0 Å². The number of nitrogens with two attached hydrogens (primary N) is 2. The van der Waals surface area contributed by atoms with Crippen LogP contribution in [0, 0.1) is 11.3 Å². The van der Waals surface area contributed by atoms with Gasteiger partial charge in [0.25, 0.3) is 0 Å². The average molecular weight is 255 g/mol. The fourth-order valence-electron chi connectivity index (χ4n) is 2.64. The predicted octanol–water partition coefficient (Wildman–Crippen LogP) is -0.926. The highest BCUT2D eigenvalue weighted by molar-refractivity contribution is 5.84. The minimum Gasteiger partial charge on any atom is -0.379 e. The maximum atomic E-state index is 12.5. The predicted molar refractivity (Wildman–Crippen MR) is 65.4 cm³/mol. The lowest BCUT2D eigenvalue weighted by Gasteiger charge is -2.37. The monoisotopic (exact) mass is 255 g/mol. The third kappa shape index (κ3) is 2.22. The van der Waals surface area contributed by atoms with Gasteiger partial charge < -0.3 is 21.1 Å². The number of ether oxygens (including phenoxy) is 1. The summed E-state index contributed by atoms with van der Waals surface area (Å²) in [6, 6.07) is -0.251. The molecule has 2 rings (SSSR count). The van der Waals surface area contributed by atoms with Crippen LogP contribution in [0.5, 0.6) is 0 Å². The van der Waals surface area contributed by atoms with Gasteiger partial charge in [-0.1, -0.05) is 0 Å². The molecule has 2 aliphatic heterocycles. The van der Waals surface area contributed by atoms with E-state index in [0.29, 0.717) is 39.1 Å². The fraction of sp³-hybridized carbons (Fsp3) is 0.833. The highest BCUT2D eigenvalue weighted by atomic mass is 16.5. The average Bonchev–Trinajstić information content (AvgIpc) is 2.70. The van der Waals surface area contributed by atoms with Gasteiger partial charge in [-0.2, -0.15) is 0 Å². The van der Waals surface area contributed by atoms with Gasteiger partial charge in [-0.15, -0.1) is 0 Å². The van der Waals surface area contributed by atoms with Crippen molar-refractivity contribution in [3.8, 4) is 0 Å². The third-order valence-corrected chi connectivity index (χ3v) is 4.19. The first kappa shape index (κ1) is 13.3. The lowest BCUT2D eigenvalue weighted by molar-refractivity contribution is -0.144. The topological polar surface area (TPSA) is 98.6 Å². The van der Waals surface area contributed by atoms with E-state index >= 15 is 0 Å². The standard InChI is InChI=1S/C12H21N3O3/c1-12(7-18-6-9(12)13)11(17)15-4-2-8(3-5-15)10(14)16/h8-9H,2-7,13H2,1H3,(H2,14,16). The van der Waals surface area contributed by atoms with Crippen molar-refractivity contribution < 1.29 is 14.3 Å².